The third-order valence-electron chi connectivity index (χ3n) is 4.92. The van der Waals surface area contributed by atoms with E-state index in [1.807, 2.05) is 0 Å². The van der Waals surface area contributed by atoms with Gasteiger partial charge in [-0.15, -0.1) is 0 Å². The minimum Gasteiger partial charge on any atom is -0.339 e. The maximum Gasteiger partial charge on any atom is 0.229 e. The number of amides is 3. The van der Waals surface area contributed by atoms with Crippen LogP contribution in [0.15, 0.2) is 12.1 Å². The summed E-state index contributed by atoms with van der Waals surface area (Å²) in [7, 11) is 0. The van der Waals surface area contributed by atoms with Crippen LogP contribution in [-0.2, 0) is 14.4 Å². The van der Waals surface area contributed by atoms with Crippen molar-refractivity contribution in [1.82, 2.24) is 4.90 Å². The van der Waals surface area contributed by atoms with Crippen LogP contribution in [-0.4, -0.2) is 35.2 Å². The van der Waals surface area contributed by atoms with E-state index in [-0.39, 0.29) is 29.7 Å². The van der Waals surface area contributed by atoms with Crippen molar-refractivity contribution in [2.45, 2.75) is 45.1 Å². The maximum absolute atomic E-state index is 14.0. The second-order valence-electron chi connectivity index (χ2n) is 6.87. The fourth-order valence-electron chi connectivity index (χ4n) is 3.64. The predicted octanol–water partition coefficient (Wildman–Crippen LogP) is 2.65. The summed E-state index contributed by atoms with van der Waals surface area (Å²) in [5, 5.41) is 4.65. The normalized spacial score (nSPS) is 20.5. The number of rotatable bonds is 4. The van der Waals surface area contributed by atoms with Gasteiger partial charge < -0.3 is 15.5 Å². The van der Waals surface area contributed by atoms with Gasteiger partial charge in [-0.25, -0.2) is 8.78 Å². The van der Waals surface area contributed by atoms with Crippen LogP contribution in [0.3, 0.4) is 0 Å². The van der Waals surface area contributed by atoms with Gasteiger partial charge in [0.05, 0.1) is 17.3 Å². The highest BCUT2D eigenvalue weighted by Gasteiger charge is 2.38. The molecule has 1 atom stereocenters. The Morgan fingerprint density at radius 2 is 1.69 bits per heavy atom. The van der Waals surface area contributed by atoms with Crippen LogP contribution < -0.4 is 10.6 Å². The van der Waals surface area contributed by atoms with Crippen molar-refractivity contribution in [3.8, 4) is 0 Å². The van der Waals surface area contributed by atoms with Gasteiger partial charge in [0.25, 0.3) is 0 Å². The van der Waals surface area contributed by atoms with Crippen LogP contribution in [0.1, 0.15) is 39.0 Å². The van der Waals surface area contributed by atoms with Crippen LogP contribution in [0.5, 0.6) is 0 Å². The van der Waals surface area contributed by atoms with E-state index in [2.05, 4.69) is 10.6 Å². The molecule has 1 saturated carbocycles. The number of hydrogen-bond donors (Lipinski definition) is 2. The zero-order valence-corrected chi connectivity index (χ0v) is 14.5. The van der Waals surface area contributed by atoms with Crippen molar-refractivity contribution in [3.63, 3.8) is 0 Å². The van der Waals surface area contributed by atoms with Gasteiger partial charge >= 0.3 is 0 Å². The molecular weight excluding hydrogens is 344 g/mol. The molecule has 0 aromatic heterocycles. The van der Waals surface area contributed by atoms with Crippen LogP contribution >= 0.6 is 0 Å². The first-order chi connectivity index (χ1) is 12.3. The minimum atomic E-state index is -0.943. The van der Waals surface area contributed by atoms with Crippen LogP contribution in [0.25, 0.3) is 0 Å². The topological polar surface area (TPSA) is 78.5 Å². The summed E-state index contributed by atoms with van der Waals surface area (Å²) in [6, 6.07) is 1.83. The smallest absolute Gasteiger partial charge is 0.229 e. The molecular formula is C18H21F2N3O3. The Morgan fingerprint density at radius 1 is 1.08 bits per heavy atom. The second-order valence-corrected chi connectivity index (χ2v) is 6.87. The number of halogens is 2. The Labute approximate surface area is 149 Å². The van der Waals surface area contributed by atoms with Gasteiger partial charge in [-0.2, -0.15) is 0 Å². The molecule has 1 aliphatic heterocycles. The summed E-state index contributed by atoms with van der Waals surface area (Å²) in [6.45, 7) is 1.51. The Balaban J connectivity index is 1.70. The molecule has 3 amide bonds. The molecule has 2 aliphatic rings. The van der Waals surface area contributed by atoms with Crippen molar-refractivity contribution in [2.75, 3.05) is 17.2 Å². The van der Waals surface area contributed by atoms with E-state index in [9.17, 15) is 23.2 Å². The van der Waals surface area contributed by atoms with Gasteiger partial charge in [0.1, 0.15) is 11.6 Å². The molecule has 8 heteroatoms. The van der Waals surface area contributed by atoms with Crippen LogP contribution in [0.2, 0.25) is 0 Å². The SMILES string of the molecule is CC(=O)Nc1cc(NC(=O)[C@@H]2CC(=O)N(C3CCCC3)C2)c(F)cc1F. The molecule has 2 N–H and O–H groups in total. The molecule has 0 bridgehead atoms. The highest BCUT2D eigenvalue weighted by Crippen LogP contribution is 2.30. The van der Waals surface area contributed by atoms with Crippen molar-refractivity contribution in [3.05, 3.63) is 23.8 Å². The summed E-state index contributed by atoms with van der Waals surface area (Å²) in [6.07, 6.45) is 4.15. The van der Waals surface area contributed by atoms with Crippen LogP contribution in [0.4, 0.5) is 20.2 Å². The number of carbonyl (C=O) groups is 3. The number of nitrogens with one attached hydrogen (secondary N) is 2. The van der Waals surface area contributed by atoms with Gasteiger partial charge in [0, 0.05) is 32.0 Å². The quantitative estimate of drug-likeness (QED) is 0.861. The van der Waals surface area contributed by atoms with E-state index in [4.69, 9.17) is 0 Å². The van der Waals surface area contributed by atoms with E-state index < -0.39 is 29.4 Å². The third-order valence-corrected chi connectivity index (χ3v) is 4.92. The average molecular weight is 365 g/mol. The zero-order chi connectivity index (χ0) is 18.8. The lowest BCUT2D eigenvalue weighted by Gasteiger charge is -2.23. The zero-order valence-electron chi connectivity index (χ0n) is 14.5. The van der Waals surface area contributed by atoms with Gasteiger partial charge in [-0.3, -0.25) is 14.4 Å². The first kappa shape index (κ1) is 18.3. The molecule has 26 heavy (non-hydrogen) atoms. The molecule has 1 aromatic rings. The van der Waals surface area contributed by atoms with Crippen LogP contribution in [0, 0.1) is 17.6 Å². The first-order valence-electron chi connectivity index (χ1n) is 8.72. The average Bonchev–Trinajstić information content (AvgIpc) is 3.20. The highest BCUT2D eigenvalue weighted by atomic mass is 19.1. The first-order valence-corrected chi connectivity index (χ1v) is 8.72. The number of hydrogen-bond acceptors (Lipinski definition) is 3. The molecule has 0 radical (unpaired) electrons. The molecule has 1 aromatic carbocycles. The molecule has 0 unspecified atom stereocenters. The van der Waals surface area contributed by atoms with E-state index in [1.165, 1.54) is 6.92 Å². The minimum absolute atomic E-state index is 0.0597. The third kappa shape index (κ3) is 3.84. The predicted molar refractivity (Wildman–Crippen MR) is 91.4 cm³/mol. The van der Waals surface area contributed by atoms with E-state index >= 15 is 0 Å². The lowest BCUT2D eigenvalue weighted by Crippen LogP contribution is -2.35. The summed E-state index contributed by atoms with van der Waals surface area (Å²) in [5.74, 6) is -3.51. The Bertz CT molecular complexity index is 747. The van der Waals surface area contributed by atoms with Crippen molar-refractivity contribution in [2.24, 2.45) is 5.92 Å². The fraction of sp³-hybridized carbons (Fsp3) is 0.500. The largest absolute Gasteiger partial charge is 0.339 e. The van der Waals surface area contributed by atoms with Crippen molar-refractivity contribution in [1.29, 1.82) is 0 Å². The Morgan fingerprint density at radius 3 is 2.31 bits per heavy atom. The molecule has 1 saturated heterocycles. The second kappa shape index (κ2) is 7.39. The maximum atomic E-state index is 14.0. The molecule has 6 nitrogen and oxygen atoms in total. The molecule has 0 spiro atoms. The number of anilines is 2. The monoisotopic (exact) mass is 365 g/mol. The Hall–Kier alpha value is -2.51. The van der Waals surface area contributed by atoms with E-state index in [1.54, 1.807) is 4.90 Å². The Kier molecular flexibility index (Phi) is 5.20. The molecule has 140 valence electrons. The number of likely N-dealkylation sites (tertiary alicyclic amines) is 1. The lowest BCUT2D eigenvalue weighted by molar-refractivity contribution is -0.130. The molecule has 3 rings (SSSR count). The molecule has 2 fully saturated rings. The molecule has 1 heterocycles. The summed E-state index contributed by atoms with van der Waals surface area (Å²) >= 11 is 0. The van der Waals surface area contributed by atoms with Gasteiger partial charge in [0.15, 0.2) is 0 Å². The summed E-state index contributed by atoms with van der Waals surface area (Å²) in [4.78, 5) is 37.5. The standard InChI is InChI=1S/C18H21F2N3O3/c1-10(24)21-15-8-16(14(20)7-13(15)19)22-18(26)11-6-17(25)23(9-11)12-4-2-3-5-12/h7-8,11-12H,2-6,9H2,1H3,(H,21,24)(H,22,26)/t11-/m1/s1. The van der Waals surface area contributed by atoms with Gasteiger partial charge in [-0.05, 0) is 18.9 Å². The number of benzene rings is 1. The van der Waals surface area contributed by atoms with Crippen molar-refractivity contribution < 1.29 is 23.2 Å². The highest BCUT2D eigenvalue weighted by molar-refractivity contribution is 5.98. The van der Waals surface area contributed by atoms with Gasteiger partial charge in [-0.1, -0.05) is 12.8 Å². The number of nitrogens with zero attached hydrogens (tertiary/aromatic N) is 1. The van der Waals surface area contributed by atoms with E-state index in [0.717, 1.165) is 31.7 Å². The lowest BCUT2D eigenvalue weighted by atomic mass is 10.1. The van der Waals surface area contributed by atoms with Gasteiger partial charge in [0.2, 0.25) is 17.7 Å². The summed E-state index contributed by atoms with van der Waals surface area (Å²) < 4.78 is 27.7. The number of carbonyl (C=O) groups excluding carboxylic acids is 3. The fourth-order valence-corrected chi connectivity index (χ4v) is 3.64. The molecule has 1 aliphatic carbocycles. The van der Waals surface area contributed by atoms with E-state index in [0.29, 0.717) is 12.6 Å². The van der Waals surface area contributed by atoms with Crippen molar-refractivity contribution >= 4 is 29.1 Å². The summed E-state index contributed by atoms with van der Waals surface area (Å²) in [5.41, 5.74) is -0.448.